The van der Waals surface area contributed by atoms with Crippen LogP contribution in [0.1, 0.15) is 58.1 Å². The standard InChI is InChI=1S/C16H24BrNO/c1-11(18)12-4-5-15(14(17)10-12)19-13-6-8-16(2,3)9-7-13/h4-5,10-11,13H,6-9,18H2,1-3H3. The van der Waals surface area contributed by atoms with Crippen molar-refractivity contribution in [1.82, 2.24) is 0 Å². The minimum atomic E-state index is 0.0563. The first-order chi connectivity index (χ1) is 8.87. The highest BCUT2D eigenvalue weighted by molar-refractivity contribution is 9.10. The molecule has 0 amide bonds. The lowest BCUT2D eigenvalue weighted by molar-refractivity contribution is 0.0981. The van der Waals surface area contributed by atoms with Crippen LogP contribution in [-0.4, -0.2) is 6.10 Å². The summed E-state index contributed by atoms with van der Waals surface area (Å²) in [6.45, 7) is 6.68. The number of rotatable bonds is 3. The Labute approximate surface area is 124 Å². The predicted octanol–water partition coefficient (Wildman–Crippen LogP) is 4.82. The summed E-state index contributed by atoms with van der Waals surface area (Å²) in [6.07, 6.45) is 5.13. The third kappa shape index (κ3) is 3.96. The lowest BCUT2D eigenvalue weighted by Crippen LogP contribution is -2.28. The summed E-state index contributed by atoms with van der Waals surface area (Å²) in [5.41, 5.74) is 7.50. The van der Waals surface area contributed by atoms with Gasteiger partial charge in [0.2, 0.25) is 0 Å². The van der Waals surface area contributed by atoms with Crippen LogP contribution < -0.4 is 10.5 Å². The summed E-state index contributed by atoms with van der Waals surface area (Å²) in [6, 6.07) is 6.20. The van der Waals surface area contributed by atoms with E-state index in [-0.39, 0.29) is 6.04 Å². The molecule has 0 heterocycles. The molecule has 3 heteroatoms. The second-order valence-corrected chi connectivity index (χ2v) is 7.31. The SMILES string of the molecule is CC(N)c1ccc(OC2CCC(C)(C)CC2)c(Br)c1. The molecule has 0 saturated heterocycles. The van der Waals surface area contributed by atoms with Gasteiger partial charge in [-0.15, -0.1) is 0 Å². The van der Waals surface area contributed by atoms with Crippen molar-refractivity contribution in [3.05, 3.63) is 28.2 Å². The van der Waals surface area contributed by atoms with Crippen LogP contribution in [0.25, 0.3) is 0 Å². The highest BCUT2D eigenvalue weighted by Gasteiger charge is 2.28. The number of hydrogen-bond donors (Lipinski definition) is 1. The number of benzene rings is 1. The summed E-state index contributed by atoms with van der Waals surface area (Å²) in [4.78, 5) is 0. The topological polar surface area (TPSA) is 35.2 Å². The van der Waals surface area contributed by atoms with Crippen molar-refractivity contribution >= 4 is 15.9 Å². The molecule has 1 aromatic carbocycles. The summed E-state index contributed by atoms with van der Waals surface area (Å²) in [7, 11) is 0. The largest absolute Gasteiger partial charge is 0.489 e. The number of ether oxygens (including phenoxy) is 1. The summed E-state index contributed by atoms with van der Waals surface area (Å²) in [5.74, 6) is 0.939. The first-order valence-corrected chi connectivity index (χ1v) is 7.88. The Balaban J connectivity index is 2.00. The molecule has 0 spiro atoms. The third-order valence-corrected chi connectivity index (χ3v) is 4.68. The van der Waals surface area contributed by atoms with E-state index in [9.17, 15) is 0 Å². The van der Waals surface area contributed by atoms with Gasteiger partial charge in [0, 0.05) is 6.04 Å². The summed E-state index contributed by atoms with van der Waals surface area (Å²) in [5, 5.41) is 0. The fourth-order valence-corrected chi connectivity index (χ4v) is 3.06. The van der Waals surface area contributed by atoms with Gasteiger partial charge in [-0.3, -0.25) is 0 Å². The molecule has 1 aliphatic rings. The Morgan fingerprint density at radius 2 is 1.95 bits per heavy atom. The van der Waals surface area contributed by atoms with Gasteiger partial charge in [-0.2, -0.15) is 0 Å². The molecule has 2 nitrogen and oxygen atoms in total. The van der Waals surface area contributed by atoms with Crippen molar-refractivity contribution in [2.45, 2.75) is 58.6 Å². The Morgan fingerprint density at radius 1 is 1.32 bits per heavy atom. The summed E-state index contributed by atoms with van der Waals surface area (Å²) >= 11 is 3.58. The van der Waals surface area contributed by atoms with Crippen molar-refractivity contribution in [1.29, 1.82) is 0 Å². The van der Waals surface area contributed by atoms with Crippen molar-refractivity contribution in [3.8, 4) is 5.75 Å². The van der Waals surface area contributed by atoms with Gasteiger partial charge >= 0.3 is 0 Å². The average Bonchev–Trinajstić information content (AvgIpc) is 2.34. The maximum atomic E-state index is 6.13. The Morgan fingerprint density at radius 3 is 2.47 bits per heavy atom. The number of nitrogens with two attached hydrogens (primary N) is 1. The molecule has 0 bridgehead atoms. The van der Waals surface area contributed by atoms with E-state index in [0.717, 1.165) is 28.6 Å². The van der Waals surface area contributed by atoms with Gasteiger partial charge in [-0.05, 0) is 71.6 Å². The van der Waals surface area contributed by atoms with Crippen LogP contribution >= 0.6 is 15.9 Å². The monoisotopic (exact) mass is 325 g/mol. The van der Waals surface area contributed by atoms with Crippen molar-refractivity contribution in [2.24, 2.45) is 11.1 Å². The fraction of sp³-hybridized carbons (Fsp3) is 0.625. The molecule has 19 heavy (non-hydrogen) atoms. The minimum absolute atomic E-state index is 0.0563. The maximum absolute atomic E-state index is 6.13. The van der Waals surface area contributed by atoms with E-state index < -0.39 is 0 Å². The summed E-state index contributed by atoms with van der Waals surface area (Å²) < 4.78 is 7.13. The van der Waals surface area contributed by atoms with Crippen LogP contribution in [0.5, 0.6) is 5.75 Å². The molecule has 2 rings (SSSR count). The van der Waals surface area contributed by atoms with E-state index >= 15 is 0 Å². The van der Waals surface area contributed by atoms with Crippen molar-refractivity contribution in [2.75, 3.05) is 0 Å². The minimum Gasteiger partial charge on any atom is -0.489 e. The molecule has 1 aliphatic carbocycles. The van der Waals surface area contributed by atoms with E-state index in [2.05, 4.69) is 41.9 Å². The average molecular weight is 326 g/mol. The molecule has 1 aromatic rings. The smallest absolute Gasteiger partial charge is 0.133 e. The molecule has 0 radical (unpaired) electrons. The third-order valence-electron chi connectivity index (χ3n) is 4.06. The fourth-order valence-electron chi connectivity index (χ4n) is 2.57. The van der Waals surface area contributed by atoms with Crippen molar-refractivity contribution in [3.63, 3.8) is 0 Å². The predicted molar refractivity (Wildman–Crippen MR) is 83.4 cm³/mol. The highest BCUT2D eigenvalue weighted by Crippen LogP contribution is 2.38. The zero-order chi connectivity index (χ0) is 14.0. The van der Waals surface area contributed by atoms with Gasteiger partial charge in [0.05, 0.1) is 10.6 Å². The van der Waals surface area contributed by atoms with Gasteiger partial charge in [0.1, 0.15) is 5.75 Å². The molecular formula is C16H24BrNO. The van der Waals surface area contributed by atoms with Crippen LogP contribution in [-0.2, 0) is 0 Å². The van der Waals surface area contributed by atoms with Gasteiger partial charge in [0.15, 0.2) is 0 Å². The molecule has 1 atom stereocenters. The van der Waals surface area contributed by atoms with Gasteiger partial charge in [-0.1, -0.05) is 19.9 Å². The number of hydrogen-bond acceptors (Lipinski definition) is 2. The van der Waals surface area contributed by atoms with Gasteiger partial charge < -0.3 is 10.5 Å². The van der Waals surface area contributed by atoms with Crippen LogP contribution in [0.2, 0.25) is 0 Å². The maximum Gasteiger partial charge on any atom is 0.133 e. The Bertz CT molecular complexity index is 432. The molecule has 0 aromatic heterocycles. The normalized spacial score (nSPS) is 21.1. The molecule has 1 unspecified atom stereocenters. The Kier molecular flexibility index (Phi) is 4.57. The lowest BCUT2D eigenvalue weighted by atomic mass is 9.76. The molecular weight excluding hydrogens is 302 g/mol. The van der Waals surface area contributed by atoms with Crippen LogP contribution in [0.3, 0.4) is 0 Å². The van der Waals surface area contributed by atoms with E-state index in [0.29, 0.717) is 11.5 Å². The zero-order valence-electron chi connectivity index (χ0n) is 12.1. The first-order valence-electron chi connectivity index (χ1n) is 7.09. The molecule has 1 saturated carbocycles. The Hall–Kier alpha value is -0.540. The van der Waals surface area contributed by atoms with Crippen molar-refractivity contribution < 1.29 is 4.74 Å². The van der Waals surface area contributed by atoms with E-state index in [1.165, 1.54) is 12.8 Å². The van der Waals surface area contributed by atoms with Crippen LogP contribution in [0.4, 0.5) is 0 Å². The zero-order valence-corrected chi connectivity index (χ0v) is 13.7. The number of halogens is 1. The molecule has 106 valence electrons. The van der Waals surface area contributed by atoms with E-state index in [4.69, 9.17) is 10.5 Å². The van der Waals surface area contributed by atoms with Gasteiger partial charge in [-0.25, -0.2) is 0 Å². The molecule has 0 aliphatic heterocycles. The second-order valence-electron chi connectivity index (χ2n) is 6.46. The van der Waals surface area contributed by atoms with E-state index in [1.54, 1.807) is 0 Å². The second kappa shape index (κ2) is 5.84. The molecule has 1 fully saturated rings. The highest BCUT2D eigenvalue weighted by atomic mass is 79.9. The quantitative estimate of drug-likeness (QED) is 0.864. The van der Waals surface area contributed by atoms with Crippen LogP contribution in [0.15, 0.2) is 22.7 Å². The van der Waals surface area contributed by atoms with Crippen LogP contribution in [0, 0.1) is 5.41 Å². The van der Waals surface area contributed by atoms with E-state index in [1.807, 2.05) is 13.0 Å². The lowest BCUT2D eigenvalue weighted by Gasteiger charge is -2.34. The van der Waals surface area contributed by atoms with Gasteiger partial charge in [0.25, 0.3) is 0 Å². The first kappa shape index (κ1) is 14.9. The molecule has 2 N–H and O–H groups in total.